The Morgan fingerprint density at radius 1 is 1.04 bits per heavy atom. The Morgan fingerprint density at radius 2 is 1.82 bits per heavy atom. The molecule has 0 saturated heterocycles. The molecule has 0 radical (unpaired) electrons. The minimum Gasteiger partial charge on any atom is -0.365 e. The van der Waals surface area contributed by atoms with E-state index in [1.165, 1.54) is 6.07 Å². The van der Waals surface area contributed by atoms with Crippen LogP contribution >= 0.6 is 39.1 Å². The van der Waals surface area contributed by atoms with E-state index in [1.54, 1.807) is 42.5 Å². The molecule has 0 spiro atoms. The van der Waals surface area contributed by atoms with E-state index in [2.05, 4.69) is 26.6 Å². The van der Waals surface area contributed by atoms with E-state index in [-0.39, 0.29) is 18.0 Å². The quantitative estimate of drug-likeness (QED) is 0.454. The van der Waals surface area contributed by atoms with Gasteiger partial charge in [-0.2, -0.15) is 0 Å². The van der Waals surface area contributed by atoms with Gasteiger partial charge in [0, 0.05) is 32.2 Å². The van der Waals surface area contributed by atoms with Gasteiger partial charge in [0.05, 0.1) is 5.69 Å². The summed E-state index contributed by atoms with van der Waals surface area (Å²) in [5.74, 6) is -0.748. The summed E-state index contributed by atoms with van der Waals surface area (Å²) in [5.41, 5.74) is 1.16. The second-order valence-electron chi connectivity index (χ2n) is 6.61. The average Bonchev–Trinajstić information content (AvgIpc) is 2.88. The van der Waals surface area contributed by atoms with Crippen LogP contribution in [0.15, 0.2) is 65.1 Å². The van der Waals surface area contributed by atoms with E-state index in [1.807, 2.05) is 12.1 Å². The summed E-state index contributed by atoms with van der Waals surface area (Å²) in [4.78, 5) is 13.2. The Hall–Kier alpha value is -2.08. The van der Waals surface area contributed by atoms with Gasteiger partial charge >= 0.3 is 0 Å². The molecule has 0 unspecified atom stereocenters. The highest BCUT2D eigenvalue weighted by atomic mass is 79.9. The molecule has 0 fully saturated rings. The molecule has 1 aliphatic rings. The van der Waals surface area contributed by atoms with Crippen molar-refractivity contribution in [3.8, 4) is 0 Å². The normalized spacial score (nSPS) is 17.9. The first-order chi connectivity index (χ1) is 13.4. The molecule has 1 atom stereocenters. The van der Waals surface area contributed by atoms with E-state index in [4.69, 9.17) is 23.2 Å². The molecular weight excluding hydrogens is 466 g/mol. The highest BCUT2D eigenvalue weighted by molar-refractivity contribution is 9.10. The van der Waals surface area contributed by atoms with Crippen LogP contribution in [0.3, 0.4) is 0 Å². The molecule has 2 N–H and O–H groups in total. The zero-order valence-corrected chi connectivity index (χ0v) is 17.5. The second kappa shape index (κ2) is 7.39. The molecule has 3 nitrogen and oxygen atoms in total. The van der Waals surface area contributed by atoms with Crippen molar-refractivity contribution in [1.29, 1.82) is 0 Å². The molecule has 142 valence electrons. The van der Waals surface area contributed by atoms with Crippen molar-refractivity contribution in [3.05, 3.63) is 92.1 Å². The fraction of sp³-hybridized carbons (Fsp3) is 0.0952. The molecule has 0 saturated carbocycles. The number of hydrogen-bond acceptors (Lipinski definition) is 2. The largest absolute Gasteiger partial charge is 0.365 e. The molecule has 0 aliphatic carbocycles. The molecule has 4 rings (SSSR count). The number of benzene rings is 3. The fourth-order valence-electron chi connectivity index (χ4n) is 3.46. The first-order valence-electron chi connectivity index (χ1n) is 8.46. The molecule has 3 aromatic carbocycles. The number of carbonyl (C=O) groups is 1. The second-order valence-corrected chi connectivity index (χ2v) is 8.39. The molecule has 0 bridgehead atoms. The number of rotatable bonds is 4. The summed E-state index contributed by atoms with van der Waals surface area (Å²) in [7, 11) is 0. The molecule has 1 amide bonds. The molecule has 28 heavy (non-hydrogen) atoms. The zero-order chi connectivity index (χ0) is 19.9. The molecule has 1 heterocycles. The van der Waals surface area contributed by atoms with Crippen LogP contribution in [0.4, 0.5) is 15.8 Å². The van der Waals surface area contributed by atoms with Gasteiger partial charge in [-0.15, -0.1) is 0 Å². The summed E-state index contributed by atoms with van der Waals surface area (Å²) >= 11 is 15.5. The SMILES string of the molecule is O=C1Nc2cc(Cl)ccc2[C@@]1(Cc1cccc(Cl)c1)Nc1ccc(Br)cc1F. The minimum atomic E-state index is -1.21. The number of carbonyl (C=O) groups excluding carboxylic acids is 1. The number of hydrogen-bond donors (Lipinski definition) is 2. The van der Waals surface area contributed by atoms with Gasteiger partial charge in [-0.25, -0.2) is 4.39 Å². The summed E-state index contributed by atoms with van der Waals surface area (Å²) < 4.78 is 15.2. The van der Waals surface area contributed by atoms with Gasteiger partial charge in [0.2, 0.25) is 0 Å². The topological polar surface area (TPSA) is 41.1 Å². The van der Waals surface area contributed by atoms with E-state index in [0.29, 0.717) is 25.8 Å². The highest BCUT2D eigenvalue weighted by Gasteiger charge is 2.47. The Bertz CT molecular complexity index is 1090. The summed E-state index contributed by atoms with van der Waals surface area (Å²) in [6.45, 7) is 0. The van der Waals surface area contributed by atoms with Crippen LogP contribution in [0.1, 0.15) is 11.1 Å². The maximum absolute atomic E-state index is 14.6. The van der Waals surface area contributed by atoms with E-state index >= 15 is 0 Å². The molecule has 1 aliphatic heterocycles. The predicted octanol–water partition coefficient (Wildman–Crippen LogP) is 6.40. The lowest BCUT2D eigenvalue weighted by Gasteiger charge is -2.30. The average molecular weight is 480 g/mol. The molecular formula is C21H14BrCl2FN2O. The standard InChI is InChI=1S/C21H14BrCl2FN2O/c22-13-4-7-18(17(25)9-13)27-21(11-12-2-1-3-14(23)8-12)16-6-5-15(24)10-19(16)26-20(21)28/h1-10,27H,11H2,(H,26,28)/t21-/m1/s1. The number of nitrogens with one attached hydrogen (secondary N) is 2. The summed E-state index contributed by atoms with van der Waals surface area (Å²) in [6.07, 6.45) is 0.281. The minimum absolute atomic E-state index is 0.225. The lowest BCUT2D eigenvalue weighted by molar-refractivity contribution is -0.119. The Morgan fingerprint density at radius 3 is 2.57 bits per heavy atom. The molecule has 7 heteroatoms. The Labute approximate surface area is 180 Å². The molecule has 0 aromatic heterocycles. The van der Waals surface area contributed by atoms with Crippen LogP contribution in [0.25, 0.3) is 0 Å². The van der Waals surface area contributed by atoms with Crippen molar-refractivity contribution in [2.75, 3.05) is 10.6 Å². The summed E-state index contributed by atoms with van der Waals surface area (Å²) in [6, 6.07) is 17.1. The Balaban J connectivity index is 1.85. The maximum atomic E-state index is 14.6. The van der Waals surface area contributed by atoms with E-state index < -0.39 is 11.4 Å². The van der Waals surface area contributed by atoms with Crippen LogP contribution in [0.2, 0.25) is 10.0 Å². The van der Waals surface area contributed by atoms with Gasteiger partial charge in [-0.05, 0) is 48.0 Å². The van der Waals surface area contributed by atoms with Crippen LogP contribution in [0, 0.1) is 5.82 Å². The van der Waals surface area contributed by atoms with Gasteiger partial charge in [-0.1, -0.05) is 57.3 Å². The van der Waals surface area contributed by atoms with E-state index in [0.717, 1.165) is 5.56 Å². The molecule has 3 aromatic rings. The third kappa shape index (κ3) is 3.50. The van der Waals surface area contributed by atoms with Gasteiger partial charge in [0.15, 0.2) is 0 Å². The highest BCUT2D eigenvalue weighted by Crippen LogP contribution is 2.42. The van der Waals surface area contributed by atoms with Crippen molar-refractivity contribution >= 4 is 56.4 Å². The van der Waals surface area contributed by atoms with Gasteiger partial charge in [-0.3, -0.25) is 4.79 Å². The van der Waals surface area contributed by atoms with E-state index in [9.17, 15) is 9.18 Å². The first kappa shape index (κ1) is 19.2. The van der Waals surface area contributed by atoms with Crippen LogP contribution in [-0.4, -0.2) is 5.91 Å². The van der Waals surface area contributed by atoms with Gasteiger partial charge < -0.3 is 10.6 Å². The first-order valence-corrected chi connectivity index (χ1v) is 10.0. The number of anilines is 2. The Kier molecular flexibility index (Phi) is 5.08. The third-order valence-electron chi connectivity index (χ3n) is 4.71. The fourth-order valence-corrected chi connectivity index (χ4v) is 4.18. The lowest BCUT2D eigenvalue weighted by atomic mass is 9.84. The van der Waals surface area contributed by atoms with Crippen LogP contribution in [0.5, 0.6) is 0 Å². The maximum Gasteiger partial charge on any atom is 0.255 e. The lowest BCUT2D eigenvalue weighted by Crippen LogP contribution is -2.44. The van der Waals surface area contributed by atoms with Gasteiger partial charge in [0.1, 0.15) is 11.4 Å². The number of fused-ring (bicyclic) bond motifs is 1. The van der Waals surface area contributed by atoms with Crippen molar-refractivity contribution in [3.63, 3.8) is 0 Å². The number of amides is 1. The van der Waals surface area contributed by atoms with Crippen molar-refractivity contribution in [2.24, 2.45) is 0 Å². The van der Waals surface area contributed by atoms with Gasteiger partial charge in [0.25, 0.3) is 5.91 Å². The van der Waals surface area contributed by atoms with Crippen molar-refractivity contribution < 1.29 is 9.18 Å². The monoisotopic (exact) mass is 478 g/mol. The zero-order valence-electron chi connectivity index (χ0n) is 14.4. The smallest absolute Gasteiger partial charge is 0.255 e. The van der Waals surface area contributed by atoms with Crippen LogP contribution in [-0.2, 0) is 16.8 Å². The summed E-state index contributed by atoms with van der Waals surface area (Å²) in [5, 5.41) is 7.09. The van der Waals surface area contributed by atoms with Crippen LogP contribution < -0.4 is 10.6 Å². The predicted molar refractivity (Wildman–Crippen MR) is 115 cm³/mol. The van der Waals surface area contributed by atoms with Crippen molar-refractivity contribution in [2.45, 2.75) is 12.0 Å². The third-order valence-corrected chi connectivity index (χ3v) is 5.68. The number of halogens is 4. The van der Waals surface area contributed by atoms with Crippen molar-refractivity contribution in [1.82, 2.24) is 0 Å².